The van der Waals surface area contributed by atoms with E-state index in [1.54, 1.807) is 0 Å². The highest BCUT2D eigenvalue weighted by atomic mass is 16.7. The maximum Gasteiger partial charge on any atom is 0.187 e. The van der Waals surface area contributed by atoms with Crippen molar-refractivity contribution in [2.24, 2.45) is 0 Å². The lowest BCUT2D eigenvalue weighted by molar-refractivity contribution is -0.344. The molecule has 2 rings (SSSR count). The third kappa shape index (κ3) is 5.34. The zero-order valence-corrected chi connectivity index (χ0v) is 16.6. The molecule has 0 bridgehead atoms. The van der Waals surface area contributed by atoms with E-state index in [-0.39, 0.29) is 6.42 Å². The molecule has 0 amide bonds. The van der Waals surface area contributed by atoms with Crippen LogP contribution in [0.5, 0.6) is 0 Å². The summed E-state index contributed by atoms with van der Waals surface area (Å²) in [5.41, 5.74) is 0. The highest BCUT2D eigenvalue weighted by molar-refractivity contribution is 5.83. The van der Waals surface area contributed by atoms with Gasteiger partial charge in [0.05, 0.1) is 13.2 Å². The Hall–Kier alpha value is -0.770. The van der Waals surface area contributed by atoms with Gasteiger partial charge in [-0.2, -0.15) is 0 Å². The molecular weight excluding hydrogens is 408 g/mol. The fourth-order valence-corrected chi connectivity index (χ4v) is 3.56. The summed E-state index contributed by atoms with van der Waals surface area (Å²) in [4.78, 5) is 12.1. The molecule has 0 saturated carbocycles. The van der Waals surface area contributed by atoms with E-state index in [4.69, 9.17) is 14.2 Å². The number of aliphatic hydroxyl groups is 8. The summed E-state index contributed by atoms with van der Waals surface area (Å²) in [6.45, 7) is 0.422. The van der Waals surface area contributed by atoms with Crippen LogP contribution in [0.1, 0.15) is 26.2 Å². The van der Waals surface area contributed by atoms with Crippen LogP contribution in [0, 0.1) is 0 Å². The van der Waals surface area contributed by atoms with E-state index in [1.165, 1.54) is 0 Å². The van der Waals surface area contributed by atoms with E-state index in [0.29, 0.717) is 12.8 Å². The van der Waals surface area contributed by atoms with Crippen molar-refractivity contribution in [1.29, 1.82) is 0 Å². The van der Waals surface area contributed by atoms with Gasteiger partial charge in [-0.05, 0) is 6.42 Å². The molecule has 2 aliphatic rings. The van der Waals surface area contributed by atoms with Crippen molar-refractivity contribution in [3.05, 3.63) is 0 Å². The van der Waals surface area contributed by atoms with Crippen molar-refractivity contribution in [1.82, 2.24) is 0 Å². The van der Waals surface area contributed by atoms with Gasteiger partial charge in [0, 0.05) is 6.42 Å². The number of ether oxygens (including phenoxy) is 3. The van der Waals surface area contributed by atoms with Crippen LogP contribution in [0.4, 0.5) is 0 Å². The van der Waals surface area contributed by atoms with Crippen LogP contribution in [0.15, 0.2) is 0 Å². The third-order valence-electron chi connectivity index (χ3n) is 5.46. The standard InChI is InChI=1S/C18H32O12/c1-2-3-4-7(21)10(22)17-14(26)13(25)16(9(6-20)28-17)30-18-15(27)12(24)11(23)8(5-19)29-18/h8-20,22-27H,2-6H2,1H3/t8-,9-,10?,11+,12+,13-,14-,15-,16-,17?,18?/m1/s1. The zero-order chi connectivity index (χ0) is 22.6. The molecule has 0 aromatic heterocycles. The molecule has 0 aliphatic carbocycles. The lowest BCUT2D eigenvalue weighted by Gasteiger charge is -2.46. The lowest BCUT2D eigenvalue weighted by Crippen LogP contribution is -2.66. The average molecular weight is 440 g/mol. The molecule has 11 atom stereocenters. The van der Waals surface area contributed by atoms with E-state index in [0.717, 1.165) is 0 Å². The Morgan fingerprint density at radius 2 is 1.53 bits per heavy atom. The van der Waals surface area contributed by atoms with Gasteiger partial charge in [-0.25, -0.2) is 0 Å². The summed E-state index contributed by atoms with van der Waals surface area (Å²) in [7, 11) is 0. The molecule has 176 valence electrons. The predicted octanol–water partition coefficient (Wildman–Crippen LogP) is -4.23. The smallest absolute Gasteiger partial charge is 0.187 e. The Labute approximate surface area is 173 Å². The van der Waals surface area contributed by atoms with Crippen LogP contribution < -0.4 is 0 Å². The molecule has 0 aromatic rings. The second kappa shape index (κ2) is 11.2. The molecular formula is C18H32O12. The Morgan fingerprint density at radius 1 is 0.900 bits per heavy atom. The topological polar surface area (TPSA) is 207 Å². The monoisotopic (exact) mass is 440 g/mol. The van der Waals surface area contributed by atoms with Crippen LogP contribution in [0.25, 0.3) is 0 Å². The second-order valence-corrected chi connectivity index (χ2v) is 7.62. The van der Waals surface area contributed by atoms with E-state index in [1.807, 2.05) is 6.92 Å². The summed E-state index contributed by atoms with van der Waals surface area (Å²) in [5, 5.41) is 79.7. The quantitative estimate of drug-likeness (QED) is 0.172. The van der Waals surface area contributed by atoms with E-state index in [2.05, 4.69) is 0 Å². The van der Waals surface area contributed by atoms with Crippen LogP contribution in [0.2, 0.25) is 0 Å². The Morgan fingerprint density at radius 3 is 2.10 bits per heavy atom. The van der Waals surface area contributed by atoms with Gasteiger partial charge in [-0.3, -0.25) is 4.79 Å². The Kier molecular flexibility index (Phi) is 9.52. The number of aliphatic hydroxyl groups excluding tert-OH is 8. The number of hydrogen-bond donors (Lipinski definition) is 8. The van der Waals surface area contributed by atoms with Gasteiger partial charge in [0.15, 0.2) is 12.1 Å². The molecule has 2 aliphatic heterocycles. The fraction of sp³-hybridized carbons (Fsp3) is 0.944. The molecule has 3 unspecified atom stereocenters. The van der Waals surface area contributed by atoms with Crippen molar-refractivity contribution in [2.45, 2.75) is 93.5 Å². The minimum atomic E-state index is -1.77. The Balaban J connectivity index is 2.12. The predicted molar refractivity (Wildman–Crippen MR) is 96.9 cm³/mol. The minimum Gasteiger partial charge on any atom is -0.394 e. The number of Topliss-reactive ketones (excluding diaryl/α,β-unsaturated/α-hetero) is 1. The molecule has 0 aromatic carbocycles. The molecule has 12 nitrogen and oxygen atoms in total. The molecule has 0 spiro atoms. The summed E-state index contributed by atoms with van der Waals surface area (Å²) in [5.74, 6) is -0.585. The molecule has 12 heteroatoms. The largest absolute Gasteiger partial charge is 0.394 e. The first kappa shape index (κ1) is 25.5. The number of hydrogen-bond acceptors (Lipinski definition) is 12. The van der Waals surface area contributed by atoms with Crippen molar-refractivity contribution in [3.63, 3.8) is 0 Å². The number of rotatable bonds is 9. The molecule has 0 radical (unpaired) electrons. The van der Waals surface area contributed by atoms with E-state index < -0.39 is 86.3 Å². The van der Waals surface area contributed by atoms with Crippen LogP contribution in [-0.2, 0) is 19.0 Å². The average Bonchev–Trinajstić information content (AvgIpc) is 2.74. The van der Waals surface area contributed by atoms with E-state index >= 15 is 0 Å². The molecule has 2 saturated heterocycles. The number of ketones is 1. The van der Waals surface area contributed by atoms with Crippen LogP contribution in [-0.4, -0.2) is 127 Å². The maximum absolute atomic E-state index is 12.1. The van der Waals surface area contributed by atoms with Crippen molar-refractivity contribution in [3.8, 4) is 0 Å². The maximum atomic E-state index is 12.1. The second-order valence-electron chi connectivity index (χ2n) is 7.62. The van der Waals surface area contributed by atoms with Gasteiger partial charge in [0.25, 0.3) is 0 Å². The van der Waals surface area contributed by atoms with Crippen molar-refractivity contribution in [2.75, 3.05) is 13.2 Å². The third-order valence-corrected chi connectivity index (χ3v) is 5.46. The SMILES string of the molecule is CCCCC(=O)C(O)C1O[C@H](CO)[C@@H](OC2O[C@H](CO)[C@H](O)[C@H](O)[C@H]2O)[C@H](O)[C@H]1O. The number of carbonyl (C=O) groups is 1. The molecule has 8 N–H and O–H groups in total. The summed E-state index contributed by atoms with van der Waals surface area (Å²) >= 11 is 0. The van der Waals surface area contributed by atoms with Gasteiger partial charge < -0.3 is 55.1 Å². The molecule has 2 heterocycles. The number of carbonyl (C=O) groups excluding carboxylic acids is 1. The highest BCUT2D eigenvalue weighted by Crippen LogP contribution is 2.30. The van der Waals surface area contributed by atoms with Gasteiger partial charge in [0.1, 0.15) is 61.0 Å². The first-order valence-electron chi connectivity index (χ1n) is 9.97. The highest BCUT2D eigenvalue weighted by Gasteiger charge is 2.52. The summed E-state index contributed by atoms with van der Waals surface area (Å²) < 4.78 is 16.0. The summed E-state index contributed by atoms with van der Waals surface area (Å²) in [6.07, 6.45) is -16.3. The van der Waals surface area contributed by atoms with Gasteiger partial charge in [0.2, 0.25) is 0 Å². The van der Waals surface area contributed by atoms with Crippen molar-refractivity contribution < 1.29 is 59.9 Å². The normalized spacial score (nSPS) is 43.4. The van der Waals surface area contributed by atoms with E-state index in [9.17, 15) is 45.6 Å². The first-order valence-corrected chi connectivity index (χ1v) is 9.97. The molecule has 30 heavy (non-hydrogen) atoms. The fourth-order valence-electron chi connectivity index (χ4n) is 3.56. The number of unbranched alkanes of at least 4 members (excludes halogenated alkanes) is 1. The first-order chi connectivity index (χ1) is 14.2. The molecule has 2 fully saturated rings. The minimum absolute atomic E-state index is 0.0505. The zero-order valence-electron chi connectivity index (χ0n) is 16.6. The Bertz CT molecular complexity index is 543. The van der Waals surface area contributed by atoms with Gasteiger partial charge in [-0.15, -0.1) is 0 Å². The van der Waals surface area contributed by atoms with Crippen molar-refractivity contribution >= 4 is 5.78 Å². The summed E-state index contributed by atoms with van der Waals surface area (Å²) in [6, 6.07) is 0. The van der Waals surface area contributed by atoms with Gasteiger partial charge >= 0.3 is 0 Å². The lowest BCUT2D eigenvalue weighted by atomic mass is 9.89. The van der Waals surface area contributed by atoms with Gasteiger partial charge in [-0.1, -0.05) is 13.3 Å². The van der Waals surface area contributed by atoms with Crippen LogP contribution >= 0.6 is 0 Å². The van der Waals surface area contributed by atoms with Crippen LogP contribution in [0.3, 0.4) is 0 Å².